The van der Waals surface area contributed by atoms with Crippen molar-refractivity contribution in [1.29, 1.82) is 0 Å². The third kappa shape index (κ3) is 5.31. The molecule has 0 atom stereocenters. The van der Waals surface area contributed by atoms with Gasteiger partial charge in [-0.25, -0.2) is 0 Å². The summed E-state index contributed by atoms with van der Waals surface area (Å²) in [5.41, 5.74) is 0.996. The van der Waals surface area contributed by atoms with E-state index in [4.69, 9.17) is 4.74 Å². The number of carbonyl (C=O) groups excluding carboxylic acids is 1. The van der Waals surface area contributed by atoms with Crippen LogP contribution in [0.2, 0.25) is 0 Å². The molecule has 1 fully saturated rings. The second kappa shape index (κ2) is 7.54. The number of para-hydroxylation sites is 2. The van der Waals surface area contributed by atoms with Gasteiger partial charge >= 0.3 is 6.18 Å². The number of alkyl halides is 3. The van der Waals surface area contributed by atoms with Gasteiger partial charge < -0.3 is 19.9 Å². The zero-order valence-corrected chi connectivity index (χ0v) is 12.9. The molecule has 1 aliphatic rings. The number of piperazine rings is 1. The topological polar surface area (TPSA) is 46.0 Å². The molecule has 1 saturated heterocycles. The van der Waals surface area contributed by atoms with E-state index < -0.39 is 18.6 Å². The molecule has 1 heterocycles. The molecular formula is C15H21F3N3O2+. The molecule has 2 N–H and O–H groups in total. The Balaban J connectivity index is 1.81. The summed E-state index contributed by atoms with van der Waals surface area (Å²) in [6.07, 6.45) is -4.37. The number of halogens is 3. The van der Waals surface area contributed by atoms with Crippen LogP contribution < -0.4 is 19.9 Å². The number of anilines is 1. The van der Waals surface area contributed by atoms with Crippen molar-refractivity contribution in [2.45, 2.75) is 6.18 Å². The summed E-state index contributed by atoms with van der Waals surface area (Å²) in [6, 6.07) is 7.69. The number of hydrogen-bond acceptors (Lipinski definition) is 3. The monoisotopic (exact) mass is 332 g/mol. The van der Waals surface area contributed by atoms with Gasteiger partial charge in [0.05, 0.1) is 39.0 Å². The fourth-order valence-electron chi connectivity index (χ4n) is 2.62. The van der Waals surface area contributed by atoms with E-state index in [2.05, 4.69) is 4.90 Å². The van der Waals surface area contributed by atoms with Gasteiger partial charge in [-0.1, -0.05) is 12.1 Å². The van der Waals surface area contributed by atoms with E-state index in [9.17, 15) is 18.0 Å². The van der Waals surface area contributed by atoms with Gasteiger partial charge in [-0.15, -0.1) is 0 Å². The van der Waals surface area contributed by atoms with Gasteiger partial charge in [0, 0.05) is 0 Å². The molecule has 1 aliphatic heterocycles. The van der Waals surface area contributed by atoms with Crippen LogP contribution in [-0.2, 0) is 4.79 Å². The van der Waals surface area contributed by atoms with Crippen LogP contribution in [-0.4, -0.2) is 58.5 Å². The Morgan fingerprint density at radius 1 is 1.30 bits per heavy atom. The van der Waals surface area contributed by atoms with Gasteiger partial charge in [-0.05, 0) is 12.1 Å². The fourth-order valence-corrected chi connectivity index (χ4v) is 2.62. The lowest BCUT2D eigenvalue weighted by Crippen LogP contribution is -3.16. The fraction of sp³-hybridized carbons (Fsp3) is 0.533. The minimum absolute atomic E-state index is 0.0653. The summed E-state index contributed by atoms with van der Waals surface area (Å²) < 4.78 is 41.5. The molecule has 0 spiro atoms. The average Bonchev–Trinajstić information content (AvgIpc) is 2.53. The van der Waals surface area contributed by atoms with Gasteiger partial charge in [-0.2, -0.15) is 13.2 Å². The van der Waals surface area contributed by atoms with Crippen LogP contribution in [0.15, 0.2) is 24.3 Å². The zero-order chi connectivity index (χ0) is 16.9. The number of hydrogen-bond donors (Lipinski definition) is 2. The van der Waals surface area contributed by atoms with E-state index in [0.29, 0.717) is 13.1 Å². The second-order valence-corrected chi connectivity index (χ2v) is 5.48. The van der Waals surface area contributed by atoms with E-state index in [1.165, 1.54) is 0 Å². The minimum Gasteiger partial charge on any atom is -0.495 e. The lowest BCUT2D eigenvalue weighted by atomic mass is 10.2. The van der Waals surface area contributed by atoms with Gasteiger partial charge in [0.2, 0.25) is 0 Å². The molecule has 1 aromatic carbocycles. The van der Waals surface area contributed by atoms with Crippen LogP contribution >= 0.6 is 0 Å². The number of carbonyl (C=O) groups is 1. The van der Waals surface area contributed by atoms with E-state index in [0.717, 1.165) is 29.4 Å². The number of quaternary nitrogens is 1. The zero-order valence-electron chi connectivity index (χ0n) is 12.9. The Hall–Kier alpha value is -1.96. The van der Waals surface area contributed by atoms with E-state index in [1.54, 1.807) is 7.11 Å². The number of nitrogens with one attached hydrogen (secondary N) is 2. The Morgan fingerprint density at radius 3 is 2.57 bits per heavy atom. The number of amides is 1. The largest absolute Gasteiger partial charge is 0.495 e. The highest BCUT2D eigenvalue weighted by Crippen LogP contribution is 2.27. The summed E-state index contributed by atoms with van der Waals surface area (Å²) >= 11 is 0. The maximum absolute atomic E-state index is 12.1. The van der Waals surface area contributed by atoms with Crippen LogP contribution in [0.3, 0.4) is 0 Å². The van der Waals surface area contributed by atoms with Crippen molar-refractivity contribution in [3.8, 4) is 5.75 Å². The molecule has 0 unspecified atom stereocenters. The van der Waals surface area contributed by atoms with Gasteiger partial charge in [-0.3, -0.25) is 4.79 Å². The van der Waals surface area contributed by atoms with E-state index in [-0.39, 0.29) is 6.54 Å². The minimum atomic E-state index is -4.37. The first-order chi connectivity index (χ1) is 10.9. The quantitative estimate of drug-likeness (QED) is 0.803. The third-order valence-corrected chi connectivity index (χ3v) is 3.79. The number of benzene rings is 1. The van der Waals surface area contributed by atoms with Crippen molar-refractivity contribution in [1.82, 2.24) is 5.32 Å². The molecule has 23 heavy (non-hydrogen) atoms. The molecule has 1 amide bonds. The molecule has 0 aromatic heterocycles. The Morgan fingerprint density at radius 2 is 1.96 bits per heavy atom. The molecule has 2 rings (SSSR count). The predicted octanol–water partition coefficient (Wildman–Crippen LogP) is 0.0786. The molecule has 0 bridgehead atoms. The Labute approximate surface area is 133 Å². The van der Waals surface area contributed by atoms with Gasteiger partial charge in [0.1, 0.15) is 12.3 Å². The van der Waals surface area contributed by atoms with Crippen LogP contribution in [0.25, 0.3) is 0 Å². The summed E-state index contributed by atoms with van der Waals surface area (Å²) in [7, 11) is 1.62. The highest BCUT2D eigenvalue weighted by atomic mass is 19.4. The van der Waals surface area contributed by atoms with Crippen molar-refractivity contribution in [2.75, 3.05) is 51.3 Å². The standard InChI is InChI=1S/C15H20F3N3O2/c1-23-13-5-3-2-4-12(13)21-8-6-20(7-9-21)10-14(22)19-11-15(16,17)18/h2-5H,6-11H2,1H3,(H,19,22)/p+1. The maximum atomic E-state index is 12.1. The number of methoxy groups -OCH3 is 1. The Kier molecular flexibility index (Phi) is 5.70. The molecule has 5 nitrogen and oxygen atoms in total. The van der Waals surface area contributed by atoms with Crippen molar-refractivity contribution >= 4 is 11.6 Å². The molecule has 0 radical (unpaired) electrons. The van der Waals surface area contributed by atoms with E-state index in [1.807, 2.05) is 29.6 Å². The lowest BCUT2D eigenvalue weighted by molar-refractivity contribution is -0.892. The predicted molar refractivity (Wildman–Crippen MR) is 79.8 cm³/mol. The first kappa shape index (κ1) is 17.4. The first-order valence-corrected chi connectivity index (χ1v) is 7.44. The molecule has 8 heteroatoms. The normalized spacial score (nSPS) is 16.3. The highest BCUT2D eigenvalue weighted by molar-refractivity contribution is 5.76. The SMILES string of the molecule is COc1ccccc1N1CC[NH+](CC(=O)NCC(F)(F)F)CC1. The van der Waals surface area contributed by atoms with Crippen LogP contribution in [0.5, 0.6) is 5.75 Å². The Bertz CT molecular complexity index is 529. The van der Waals surface area contributed by atoms with E-state index >= 15 is 0 Å². The van der Waals surface area contributed by atoms with Crippen molar-refractivity contribution in [3.05, 3.63) is 24.3 Å². The third-order valence-electron chi connectivity index (χ3n) is 3.79. The smallest absolute Gasteiger partial charge is 0.405 e. The van der Waals surface area contributed by atoms with Crippen LogP contribution in [0.4, 0.5) is 18.9 Å². The first-order valence-electron chi connectivity index (χ1n) is 7.44. The second-order valence-electron chi connectivity index (χ2n) is 5.48. The van der Waals surface area contributed by atoms with Gasteiger partial charge in [0.15, 0.2) is 6.54 Å². The molecule has 0 saturated carbocycles. The summed E-state index contributed by atoms with van der Waals surface area (Å²) in [5, 5.41) is 1.91. The van der Waals surface area contributed by atoms with Crippen LogP contribution in [0, 0.1) is 0 Å². The number of nitrogens with zero attached hydrogens (tertiary/aromatic N) is 1. The molecular weight excluding hydrogens is 311 g/mol. The number of rotatable bonds is 5. The maximum Gasteiger partial charge on any atom is 0.405 e. The summed E-state index contributed by atoms with van der Waals surface area (Å²) in [5.74, 6) is 0.224. The summed E-state index contributed by atoms with van der Waals surface area (Å²) in [4.78, 5) is 14.7. The van der Waals surface area contributed by atoms with Crippen molar-refractivity contribution < 1.29 is 27.6 Å². The van der Waals surface area contributed by atoms with Crippen molar-refractivity contribution in [2.24, 2.45) is 0 Å². The van der Waals surface area contributed by atoms with Crippen LogP contribution in [0.1, 0.15) is 0 Å². The van der Waals surface area contributed by atoms with Gasteiger partial charge in [0.25, 0.3) is 5.91 Å². The summed E-state index contributed by atoms with van der Waals surface area (Å²) in [6.45, 7) is 1.63. The molecule has 0 aliphatic carbocycles. The average molecular weight is 332 g/mol. The van der Waals surface area contributed by atoms with Crippen molar-refractivity contribution in [3.63, 3.8) is 0 Å². The lowest BCUT2D eigenvalue weighted by Gasteiger charge is -2.34. The molecule has 128 valence electrons. The highest BCUT2D eigenvalue weighted by Gasteiger charge is 2.29. The number of ether oxygens (including phenoxy) is 1. The molecule has 1 aromatic rings.